The normalized spacial score (nSPS) is 13.4. The molecule has 100 valence electrons. The molecule has 2 N–H and O–H groups in total. The third-order valence-corrected chi connectivity index (χ3v) is 3.62. The molecule has 0 saturated carbocycles. The van der Waals surface area contributed by atoms with Crippen molar-refractivity contribution in [1.29, 1.82) is 0 Å². The minimum absolute atomic E-state index is 0.290. The van der Waals surface area contributed by atoms with Gasteiger partial charge in [0.1, 0.15) is 11.5 Å². The van der Waals surface area contributed by atoms with Crippen LogP contribution in [0.3, 0.4) is 0 Å². The van der Waals surface area contributed by atoms with E-state index < -0.39 is 0 Å². The zero-order chi connectivity index (χ0) is 13.4. The fraction of sp³-hybridized carbons (Fsp3) is 0.357. The number of ether oxygens (including phenoxy) is 2. The Morgan fingerprint density at radius 1 is 1.16 bits per heavy atom. The van der Waals surface area contributed by atoms with E-state index in [0.717, 1.165) is 41.9 Å². The SMILES string of the molecule is COc1cc(-c2cnoc2N)c(OC)c2c1CCC2. The Labute approximate surface area is 111 Å². The van der Waals surface area contributed by atoms with Gasteiger partial charge in [-0.1, -0.05) is 5.16 Å². The van der Waals surface area contributed by atoms with E-state index in [0.29, 0.717) is 5.88 Å². The van der Waals surface area contributed by atoms with E-state index in [2.05, 4.69) is 5.16 Å². The van der Waals surface area contributed by atoms with Crippen LogP contribution in [0.15, 0.2) is 16.8 Å². The number of nitrogen functional groups attached to an aromatic ring is 1. The fourth-order valence-corrected chi connectivity index (χ4v) is 2.78. The average molecular weight is 260 g/mol. The number of hydrogen-bond acceptors (Lipinski definition) is 5. The summed E-state index contributed by atoms with van der Waals surface area (Å²) in [5, 5.41) is 3.73. The Bertz CT molecular complexity index is 619. The van der Waals surface area contributed by atoms with E-state index in [4.69, 9.17) is 19.7 Å². The molecule has 0 fully saturated rings. The minimum Gasteiger partial charge on any atom is -0.496 e. The smallest absolute Gasteiger partial charge is 0.230 e. The van der Waals surface area contributed by atoms with Crippen LogP contribution in [0.4, 0.5) is 5.88 Å². The van der Waals surface area contributed by atoms with E-state index in [1.165, 1.54) is 11.1 Å². The number of aromatic nitrogens is 1. The lowest BCUT2D eigenvalue weighted by atomic mass is 9.99. The number of methoxy groups -OCH3 is 2. The zero-order valence-corrected chi connectivity index (χ0v) is 11.0. The highest BCUT2D eigenvalue weighted by Crippen LogP contribution is 2.45. The third-order valence-electron chi connectivity index (χ3n) is 3.62. The summed E-state index contributed by atoms with van der Waals surface area (Å²) in [6.07, 6.45) is 4.74. The molecule has 1 heterocycles. The number of benzene rings is 1. The van der Waals surface area contributed by atoms with E-state index in [-0.39, 0.29) is 0 Å². The van der Waals surface area contributed by atoms with Crippen LogP contribution in [0, 0.1) is 0 Å². The molecule has 1 aliphatic rings. The maximum Gasteiger partial charge on any atom is 0.230 e. The van der Waals surface area contributed by atoms with Gasteiger partial charge in [0.05, 0.1) is 26.0 Å². The monoisotopic (exact) mass is 260 g/mol. The van der Waals surface area contributed by atoms with Gasteiger partial charge in [-0.2, -0.15) is 0 Å². The Kier molecular flexibility index (Phi) is 2.81. The van der Waals surface area contributed by atoms with E-state index in [1.807, 2.05) is 6.07 Å². The van der Waals surface area contributed by atoms with Crippen molar-refractivity contribution in [3.8, 4) is 22.6 Å². The number of nitrogens with zero attached hydrogens (tertiary/aromatic N) is 1. The largest absolute Gasteiger partial charge is 0.496 e. The van der Waals surface area contributed by atoms with Crippen LogP contribution < -0.4 is 15.2 Å². The Morgan fingerprint density at radius 3 is 2.58 bits per heavy atom. The Morgan fingerprint density at radius 2 is 1.95 bits per heavy atom. The molecule has 0 saturated heterocycles. The van der Waals surface area contributed by atoms with Crippen molar-refractivity contribution in [2.75, 3.05) is 20.0 Å². The molecule has 5 nitrogen and oxygen atoms in total. The van der Waals surface area contributed by atoms with Gasteiger partial charge >= 0.3 is 0 Å². The molecular formula is C14H16N2O3. The summed E-state index contributed by atoms with van der Waals surface area (Å²) in [7, 11) is 3.36. The topological polar surface area (TPSA) is 70.5 Å². The molecule has 0 spiro atoms. The minimum atomic E-state index is 0.290. The lowest BCUT2D eigenvalue weighted by Crippen LogP contribution is -1.99. The molecule has 1 aromatic carbocycles. The van der Waals surface area contributed by atoms with Gasteiger partial charge in [-0.05, 0) is 25.3 Å². The second-order valence-electron chi connectivity index (χ2n) is 4.57. The predicted octanol–water partition coefficient (Wildman–Crippen LogP) is 2.43. The number of anilines is 1. The van der Waals surface area contributed by atoms with Gasteiger partial charge in [0.2, 0.25) is 5.88 Å². The van der Waals surface area contributed by atoms with Crippen LogP contribution in [-0.2, 0) is 12.8 Å². The van der Waals surface area contributed by atoms with Gasteiger partial charge in [0.25, 0.3) is 0 Å². The zero-order valence-electron chi connectivity index (χ0n) is 11.0. The first-order valence-electron chi connectivity index (χ1n) is 6.23. The van der Waals surface area contributed by atoms with Crippen molar-refractivity contribution in [3.05, 3.63) is 23.4 Å². The molecule has 0 amide bonds. The molecule has 2 aromatic rings. The summed E-state index contributed by atoms with van der Waals surface area (Å²) in [6, 6.07) is 1.95. The van der Waals surface area contributed by atoms with Gasteiger partial charge in [0, 0.05) is 16.7 Å². The fourth-order valence-electron chi connectivity index (χ4n) is 2.78. The van der Waals surface area contributed by atoms with Gasteiger partial charge in [-0.15, -0.1) is 0 Å². The van der Waals surface area contributed by atoms with Crippen LogP contribution in [0.1, 0.15) is 17.5 Å². The number of hydrogen-bond donors (Lipinski definition) is 1. The van der Waals surface area contributed by atoms with E-state index in [9.17, 15) is 0 Å². The van der Waals surface area contributed by atoms with Crippen molar-refractivity contribution in [1.82, 2.24) is 5.16 Å². The first kappa shape index (κ1) is 11.9. The molecule has 1 aromatic heterocycles. The molecule has 0 atom stereocenters. The molecule has 5 heteroatoms. The second-order valence-corrected chi connectivity index (χ2v) is 4.57. The Hall–Kier alpha value is -2.17. The van der Waals surface area contributed by atoms with Crippen molar-refractivity contribution >= 4 is 5.88 Å². The Balaban J connectivity index is 2.27. The quantitative estimate of drug-likeness (QED) is 0.917. The highest BCUT2D eigenvalue weighted by atomic mass is 16.5. The number of fused-ring (bicyclic) bond motifs is 1. The van der Waals surface area contributed by atoms with E-state index >= 15 is 0 Å². The first-order chi connectivity index (χ1) is 9.26. The molecule has 0 unspecified atom stereocenters. The van der Waals surface area contributed by atoms with E-state index in [1.54, 1.807) is 20.4 Å². The van der Waals surface area contributed by atoms with Crippen molar-refractivity contribution in [2.24, 2.45) is 0 Å². The van der Waals surface area contributed by atoms with Crippen LogP contribution in [-0.4, -0.2) is 19.4 Å². The van der Waals surface area contributed by atoms with Crippen LogP contribution in [0.25, 0.3) is 11.1 Å². The molecule has 0 bridgehead atoms. The average Bonchev–Trinajstić information content (AvgIpc) is 3.05. The van der Waals surface area contributed by atoms with Crippen molar-refractivity contribution < 1.29 is 14.0 Å². The van der Waals surface area contributed by atoms with Crippen LogP contribution in [0.2, 0.25) is 0 Å². The molecule has 0 radical (unpaired) electrons. The molecule has 1 aliphatic carbocycles. The lowest BCUT2D eigenvalue weighted by molar-refractivity contribution is 0.399. The van der Waals surface area contributed by atoms with Gasteiger partial charge in [-0.25, -0.2) is 0 Å². The predicted molar refractivity (Wildman–Crippen MR) is 71.5 cm³/mol. The highest BCUT2D eigenvalue weighted by Gasteiger charge is 2.25. The molecule has 19 heavy (non-hydrogen) atoms. The summed E-state index contributed by atoms with van der Waals surface area (Å²) >= 11 is 0. The second kappa shape index (κ2) is 4.50. The molecule has 3 rings (SSSR count). The summed E-state index contributed by atoms with van der Waals surface area (Å²) in [4.78, 5) is 0. The van der Waals surface area contributed by atoms with Crippen LogP contribution in [0.5, 0.6) is 11.5 Å². The maximum absolute atomic E-state index is 5.81. The number of nitrogens with two attached hydrogens (primary N) is 1. The van der Waals surface area contributed by atoms with Crippen molar-refractivity contribution in [3.63, 3.8) is 0 Å². The summed E-state index contributed by atoms with van der Waals surface area (Å²) in [5.41, 5.74) is 9.86. The summed E-state index contributed by atoms with van der Waals surface area (Å²) < 4.78 is 16.0. The van der Waals surface area contributed by atoms with Gasteiger partial charge in [-0.3, -0.25) is 0 Å². The van der Waals surface area contributed by atoms with Gasteiger partial charge in [0.15, 0.2) is 0 Å². The standard InChI is InChI=1S/C14H16N2O3/c1-17-12-6-10(11-7-16-19-14(11)15)13(18-2)9-5-3-4-8(9)12/h6-7H,3-5,15H2,1-2H3. The number of rotatable bonds is 3. The first-order valence-corrected chi connectivity index (χ1v) is 6.23. The maximum atomic E-state index is 5.81. The molecular weight excluding hydrogens is 244 g/mol. The van der Waals surface area contributed by atoms with Crippen LogP contribution >= 0.6 is 0 Å². The highest BCUT2D eigenvalue weighted by molar-refractivity contribution is 5.81. The van der Waals surface area contributed by atoms with Crippen molar-refractivity contribution in [2.45, 2.75) is 19.3 Å². The third kappa shape index (κ3) is 1.73. The lowest BCUT2D eigenvalue weighted by Gasteiger charge is -2.15. The summed E-state index contributed by atoms with van der Waals surface area (Å²) in [5.74, 6) is 2.02. The molecule has 0 aliphatic heterocycles. The van der Waals surface area contributed by atoms with Gasteiger partial charge < -0.3 is 19.7 Å². The summed E-state index contributed by atoms with van der Waals surface area (Å²) in [6.45, 7) is 0.